The fourth-order valence-electron chi connectivity index (χ4n) is 4.39. The molecule has 2 unspecified atom stereocenters. The van der Waals surface area contributed by atoms with E-state index in [1.807, 2.05) is 12.1 Å². The summed E-state index contributed by atoms with van der Waals surface area (Å²) in [5.74, 6) is 1.90. The van der Waals surface area contributed by atoms with Crippen LogP contribution in [0.3, 0.4) is 0 Å². The molecule has 1 aliphatic carbocycles. The van der Waals surface area contributed by atoms with Crippen LogP contribution in [0.5, 0.6) is 0 Å². The molecule has 112 valence electrons. The molecule has 1 saturated carbocycles. The lowest BCUT2D eigenvalue weighted by Gasteiger charge is -2.31. The molecular weight excluding hydrogens is 260 g/mol. The number of furan rings is 1. The first-order chi connectivity index (χ1) is 10.4. The number of para-hydroxylation sites is 1. The molecule has 1 aromatic heterocycles. The van der Waals surface area contributed by atoms with Gasteiger partial charge in [0.1, 0.15) is 11.3 Å². The Hall–Kier alpha value is -1.32. The molecule has 0 spiro atoms. The van der Waals surface area contributed by atoms with Gasteiger partial charge in [0.05, 0.1) is 6.54 Å². The summed E-state index contributed by atoms with van der Waals surface area (Å²) in [4.78, 5) is 2.68. The standard InChI is InChI=1S/C18H24N2O/c19-11-18-15(14-6-2-4-8-17(14)21-18)12-20-10-9-13-5-1-3-7-16(13)20/h2,4,6,8,13,16H,1,3,5,7,9-12,19H2. The number of rotatable bonds is 3. The third-order valence-electron chi connectivity index (χ3n) is 5.45. The van der Waals surface area contributed by atoms with Gasteiger partial charge in [-0.1, -0.05) is 31.0 Å². The highest BCUT2D eigenvalue weighted by Crippen LogP contribution is 2.38. The number of hydrogen-bond acceptors (Lipinski definition) is 3. The molecule has 2 aliphatic rings. The number of nitrogens with two attached hydrogens (primary N) is 1. The normalized spacial score (nSPS) is 26.3. The largest absolute Gasteiger partial charge is 0.459 e. The lowest BCUT2D eigenvalue weighted by Crippen LogP contribution is -2.34. The molecule has 0 radical (unpaired) electrons. The van der Waals surface area contributed by atoms with E-state index in [0.717, 1.165) is 29.8 Å². The van der Waals surface area contributed by atoms with Crippen molar-refractivity contribution in [2.75, 3.05) is 6.54 Å². The van der Waals surface area contributed by atoms with Crippen LogP contribution in [-0.2, 0) is 13.1 Å². The average Bonchev–Trinajstić information content (AvgIpc) is 3.10. The van der Waals surface area contributed by atoms with Crippen molar-refractivity contribution < 1.29 is 4.42 Å². The van der Waals surface area contributed by atoms with E-state index in [0.29, 0.717) is 6.54 Å². The van der Waals surface area contributed by atoms with Crippen molar-refractivity contribution in [2.24, 2.45) is 11.7 Å². The van der Waals surface area contributed by atoms with Crippen LogP contribution >= 0.6 is 0 Å². The first kappa shape index (κ1) is 13.4. The van der Waals surface area contributed by atoms with Crippen LogP contribution in [0.15, 0.2) is 28.7 Å². The monoisotopic (exact) mass is 284 g/mol. The van der Waals surface area contributed by atoms with Crippen molar-refractivity contribution in [3.63, 3.8) is 0 Å². The highest BCUT2D eigenvalue weighted by molar-refractivity contribution is 5.82. The second-order valence-corrected chi connectivity index (χ2v) is 6.58. The molecule has 1 aromatic carbocycles. The Bertz CT molecular complexity index is 633. The van der Waals surface area contributed by atoms with E-state index in [1.54, 1.807) is 0 Å². The first-order valence-electron chi connectivity index (χ1n) is 8.30. The SMILES string of the molecule is NCc1oc2ccccc2c1CN1CCC2CCCCC21. The maximum atomic E-state index is 5.94. The van der Waals surface area contributed by atoms with Gasteiger partial charge in [0.2, 0.25) is 0 Å². The molecule has 2 N–H and O–H groups in total. The zero-order valence-corrected chi connectivity index (χ0v) is 12.6. The van der Waals surface area contributed by atoms with Crippen LogP contribution in [0.25, 0.3) is 11.0 Å². The molecule has 3 heteroatoms. The third-order valence-corrected chi connectivity index (χ3v) is 5.45. The van der Waals surface area contributed by atoms with E-state index < -0.39 is 0 Å². The van der Waals surface area contributed by atoms with Crippen LogP contribution in [0.1, 0.15) is 43.4 Å². The summed E-state index contributed by atoms with van der Waals surface area (Å²) in [7, 11) is 0. The number of likely N-dealkylation sites (tertiary alicyclic amines) is 1. The van der Waals surface area contributed by atoms with E-state index in [-0.39, 0.29) is 0 Å². The molecule has 2 aromatic rings. The van der Waals surface area contributed by atoms with E-state index in [4.69, 9.17) is 10.2 Å². The fraction of sp³-hybridized carbons (Fsp3) is 0.556. The summed E-state index contributed by atoms with van der Waals surface area (Å²) in [5.41, 5.74) is 8.21. The predicted octanol–water partition coefficient (Wildman–Crippen LogP) is 3.66. The van der Waals surface area contributed by atoms with E-state index >= 15 is 0 Å². The van der Waals surface area contributed by atoms with Gasteiger partial charge in [-0.25, -0.2) is 0 Å². The van der Waals surface area contributed by atoms with Crippen LogP contribution in [0, 0.1) is 5.92 Å². The summed E-state index contributed by atoms with van der Waals surface area (Å²) in [6.45, 7) is 2.73. The van der Waals surface area contributed by atoms with E-state index in [1.165, 1.54) is 49.6 Å². The quantitative estimate of drug-likeness (QED) is 0.935. The van der Waals surface area contributed by atoms with Crippen molar-refractivity contribution in [3.8, 4) is 0 Å². The van der Waals surface area contributed by atoms with Crippen LogP contribution in [0.2, 0.25) is 0 Å². The van der Waals surface area contributed by atoms with Gasteiger partial charge in [0.25, 0.3) is 0 Å². The molecule has 4 rings (SSSR count). The van der Waals surface area contributed by atoms with Gasteiger partial charge in [0, 0.05) is 23.5 Å². The minimum atomic E-state index is 0.492. The van der Waals surface area contributed by atoms with Crippen molar-refractivity contribution >= 4 is 11.0 Å². The van der Waals surface area contributed by atoms with Gasteiger partial charge in [-0.2, -0.15) is 0 Å². The second-order valence-electron chi connectivity index (χ2n) is 6.58. The summed E-state index contributed by atoms with van der Waals surface area (Å²) in [5, 5.41) is 1.25. The van der Waals surface area contributed by atoms with Gasteiger partial charge in [-0.3, -0.25) is 4.90 Å². The van der Waals surface area contributed by atoms with Gasteiger partial charge >= 0.3 is 0 Å². The smallest absolute Gasteiger partial charge is 0.134 e. The van der Waals surface area contributed by atoms with Crippen molar-refractivity contribution in [2.45, 2.75) is 51.2 Å². The highest BCUT2D eigenvalue weighted by Gasteiger charge is 2.36. The Morgan fingerprint density at radius 1 is 1.14 bits per heavy atom. The lowest BCUT2D eigenvalue weighted by atomic mass is 9.85. The summed E-state index contributed by atoms with van der Waals surface area (Å²) >= 11 is 0. The highest BCUT2D eigenvalue weighted by atomic mass is 16.3. The topological polar surface area (TPSA) is 42.4 Å². The molecule has 1 saturated heterocycles. The molecule has 2 heterocycles. The molecule has 0 amide bonds. The summed E-state index contributed by atoms with van der Waals surface area (Å²) in [6, 6.07) is 9.13. The second kappa shape index (κ2) is 5.47. The number of benzene rings is 1. The molecule has 21 heavy (non-hydrogen) atoms. The molecule has 0 bridgehead atoms. The Morgan fingerprint density at radius 3 is 2.90 bits per heavy atom. The third kappa shape index (κ3) is 2.29. The van der Waals surface area contributed by atoms with Crippen molar-refractivity contribution in [3.05, 3.63) is 35.6 Å². The van der Waals surface area contributed by atoms with Gasteiger partial charge in [-0.05, 0) is 37.8 Å². The van der Waals surface area contributed by atoms with E-state index in [2.05, 4.69) is 17.0 Å². The summed E-state index contributed by atoms with van der Waals surface area (Å²) in [6.07, 6.45) is 7.00. The Balaban J connectivity index is 1.64. The first-order valence-corrected chi connectivity index (χ1v) is 8.30. The molecular formula is C18H24N2O. The van der Waals surface area contributed by atoms with Crippen LogP contribution < -0.4 is 5.73 Å². The van der Waals surface area contributed by atoms with Crippen molar-refractivity contribution in [1.29, 1.82) is 0 Å². The molecule has 2 atom stereocenters. The maximum Gasteiger partial charge on any atom is 0.134 e. The number of nitrogens with zero attached hydrogens (tertiary/aromatic N) is 1. The minimum absolute atomic E-state index is 0.492. The molecule has 1 aliphatic heterocycles. The average molecular weight is 284 g/mol. The van der Waals surface area contributed by atoms with Crippen LogP contribution in [-0.4, -0.2) is 17.5 Å². The molecule has 3 nitrogen and oxygen atoms in total. The van der Waals surface area contributed by atoms with Gasteiger partial charge in [0.15, 0.2) is 0 Å². The van der Waals surface area contributed by atoms with Gasteiger partial charge < -0.3 is 10.2 Å². The number of hydrogen-bond donors (Lipinski definition) is 1. The Labute approximate surface area is 126 Å². The van der Waals surface area contributed by atoms with Crippen molar-refractivity contribution in [1.82, 2.24) is 4.90 Å². The van der Waals surface area contributed by atoms with E-state index in [9.17, 15) is 0 Å². The zero-order valence-electron chi connectivity index (χ0n) is 12.6. The Kier molecular flexibility index (Phi) is 3.48. The fourth-order valence-corrected chi connectivity index (χ4v) is 4.39. The maximum absolute atomic E-state index is 5.94. The van der Waals surface area contributed by atoms with Crippen LogP contribution in [0.4, 0.5) is 0 Å². The predicted molar refractivity (Wildman–Crippen MR) is 84.9 cm³/mol. The minimum Gasteiger partial charge on any atom is -0.459 e. The van der Waals surface area contributed by atoms with Gasteiger partial charge in [-0.15, -0.1) is 0 Å². The Morgan fingerprint density at radius 2 is 2.00 bits per heavy atom. The lowest BCUT2D eigenvalue weighted by molar-refractivity contribution is 0.175. The number of fused-ring (bicyclic) bond motifs is 2. The molecule has 2 fully saturated rings. The zero-order chi connectivity index (χ0) is 14.2. The summed E-state index contributed by atoms with van der Waals surface area (Å²) < 4.78 is 5.94.